The summed E-state index contributed by atoms with van der Waals surface area (Å²) in [5.74, 6) is 0. The summed E-state index contributed by atoms with van der Waals surface area (Å²) in [5, 5.41) is 0. The van der Waals surface area contributed by atoms with Crippen LogP contribution in [0.5, 0.6) is 0 Å². The molecule has 0 bridgehead atoms. The molecule has 0 aromatic heterocycles. The minimum atomic E-state index is 0.139. The van der Waals surface area contributed by atoms with E-state index in [1.54, 1.807) is 0 Å². The van der Waals surface area contributed by atoms with E-state index < -0.39 is 0 Å². The second-order valence-corrected chi connectivity index (χ2v) is 4.28. The molecule has 2 heteroatoms. The predicted molar refractivity (Wildman–Crippen MR) is 36.2 cm³/mol. The molecule has 0 amide bonds. The van der Waals surface area contributed by atoms with Gasteiger partial charge >= 0.3 is 0 Å². The molecule has 1 atom stereocenters. The Kier molecular flexibility index (Phi) is 1.37. The van der Waals surface area contributed by atoms with Gasteiger partial charge in [-0.2, -0.15) is 0 Å². The summed E-state index contributed by atoms with van der Waals surface area (Å²) in [6.07, 6.45) is 2.36. The predicted octanol–water partition coefficient (Wildman–Crippen LogP) is 2.54. The summed E-state index contributed by atoms with van der Waals surface area (Å²) >= 11 is 9.36. The lowest BCUT2D eigenvalue weighted by Crippen LogP contribution is -2.09. The van der Waals surface area contributed by atoms with Crippen molar-refractivity contribution in [2.45, 2.75) is 29.5 Å². The lowest BCUT2D eigenvalue weighted by molar-refractivity contribution is 0.876. The highest BCUT2D eigenvalue weighted by molar-refractivity contribution is 9.09. The standard InChI is InChI=1S/C5H8BrCl/c1-4(6)5(7)2-3-5/h4H,2-3H2,1H3. The first-order chi connectivity index (χ1) is 3.15. The molecule has 1 unspecified atom stereocenters. The second-order valence-electron chi connectivity index (χ2n) is 2.15. The van der Waals surface area contributed by atoms with Crippen LogP contribution < -0.4 is 0 Å². The Balaban J connectivity index is 2.39. The smallest absolute Gasteiger partial charge is 0.0570 e. The van der Waals surface area contributed by atoms with Gasteiger partial charge in [0.15, 0.2) is 0 Å². The van der Waals surface area contributed by atoms with E-state index in [4.69, 9.17) is 11.6 Å². The third kappa shape index (κ3) is 1.11. The minimum Gasteiger partial charge on any atom is -0.118 e. The highest BCUT2D eigenvalue weighted by atomic mass is 79.9. The summed E-state index contributed by atoms with van der Waals surface area (Å²) in [5.41, 5.74) is 0. The maximum absolute atomic E-state index is 5.93. The van der Waals surface area contributed by atoms with Crippen molar-refractivity contribution in [2.24, 2.45) is 0 Å². The van der Waals surface area contributed by atoms with Crippen LogP contribution in [-0.2, 0) is 0 Å². The van der Waals surface area contributed by atoms with Crippen LogP contribution in [0.1, 0.15) is 19.8 Å². The zero-order valence-electron chi connectivity index (χ0n) is 4.25. The lowest BCUT2D eigenvalue weighted by atomic mass is 10.3. The van der Waals surface area contributed by atoms with Gasteiger partial charge in [0.1, 0.15) is 0 Å². The molecule has 1 aliphatic carbocycles. The fourth-order valence-electron chi connectivity index (χ4n) is 0.517. The van der Waals surface area contributed by atoms with Crippen LogP contribution in [0, 0.1) is 0 Å². The molecule has 7 heavy (non-hydrogen) atoms. The zero-order valence-corrected chi connectivity index (χ0v) is 6.59. The van der Waals surface area contributed by atoms with E-state index in [1.807, 2.05) is 0 Å². The third-order valence-electron chi connectivity index (χ3n) is 1.44. The van der Waals surface area contributed by atoms with E-state index in [-0.39, 0.29) is 4.87 Å². The SMILES string of the molecule is CC(Br)C1(Cl)CC1. The Hall–Kier alpha value is 0.770. The maximum Gasteiger partial charge on any atom is 0.0570 e. The summed E-state index contributed by atoms with van der Waals surface area (Å²) in [6.45, 7) is 2.10. The summed E-state index contributed by atoms with van der Waals surface area (Å²) in [4.78, 5) is 0.627. The quantitative estimate of drug-likeness (QED) is 0.548. The number of rotatable bonds is 1. The number of hydrogen-bond donors (Lipinski definition) is 0. The van der Waals surface area contributed by atoms with Gasteiger partial charge in [-0.1, -0.05) is 22.9 Å². The highest BCUT2D eigenvalue weighted by Crippen LogP contribution is 2.48. The molecule has 0 nitrogen and oxygen atoms in total. The van der Waals surface area contributed by atoms with E-state index in [1.165, 1.54) is 12.8 Å². The fourth-order valence-corrected chi connectivity index (χ4v) is 1.07. The van der Waals surface area contributed by atoms with Crippen molar-refractivity contribution in [3.05, 3.63) is 0 Å². The Bertz CT molecular complexity index is 76.1. The molecular weight excluding hydrogens is 175 g/mol. The minimum absolute atomic E-state index is 0.139. The molecular formula is C5H8BrCl. The first-order valence-corrected chi connectivity index (χ1v) is 3.77. The largest absolute Gasteiger partial charge is 0.118 e. The summed E-state index contributed by atoms with van der Waals surface area (Å²) < 4.78 is 0. The molecule has 1 rings (SSSR count). The van der Waals surface area contributed by atoms with Crippen LogP contribution in [0.15, 0.2) is 0 Å². The Morgan fingerprint density at radius 3 is 2.14 bits per heavy atom. The molecule has 0 radical (unpaired) electrons. The van der Waals surface area contributed by atoms with E-state index in [0.29, 0.717) is 4.83 Å². The average Bonchev–Trinajstić information content (AvgIpc) is 2.21. The van der Waals surface area contributed by atoms with Crippen LogP contribution in [0.2, 0.25) is 0 Å². The van der Waals surface area contributed by atoms with E-state index in [2.05, 4.69) is 22.9 Å². The lowest BCUT2D eigenvalue weighted by Gasteiger charge is -2.05. The van der Waals surface area contributed by atoms with Gasteiger partial charge in [0.05, 0.1) is 4.87 Å². The van der Waals surface area contributed by atoms with E-state index in [9.17, 15) is 0 Å². The number of alkyl halides is 2. The molecule has 0 aliphatic heterocycles. The van der Waals surface area contributed by atoms with Crippen molar-refractivity contribution < 1.29 is 0 Å². The summed E-state index contributed by atoms with van der Waals surface area (Å²) in [6, 6.07) is 0. The Labute approximate surface area is 57.4 Å². The van der Waals surface area contributed by atoms with Gasteiger partial charge in [-0.05, 0) is 12.8 Å². The van der Waals surface area contributed by atoms with Gasteiger partial charge < -0.3 is 0 Å². The molecule has 0 saturated heterocycles. The van der Waals surface area contributed by atoms with E-state index >= 15 is 0 Å². The zero-order chi connectivity index (χ0) is 5.49. The van der Waals surface area contributed by atoms with Gasteiger partial charge in [-0.25, -0.2) is 0 Å². The van der Waals surface area contributed by atoms with Crippen molar-refractivity contribution >= 4 is 27.5 Å². The van der Waals surface area contributed by atoms with Gasteiger partial charge in [0, 0.05) is 4.83 Å². The second kappa shape index (κ2) is 1.63. The maximum atomic E-state index is 5.93. The van der Waals surface area contributed by atoms with Gasteiger partial charge in [-0.3, -0.25) is 0 Å². The Morgan fingerprint density at radius 2 is 2.14 bits per heavy atom. The molecule has 0 heterocycles. The van der Waals surface area contributed by atoms with Crippen molar-refractivity contribution in [3.63, 3.8) is 0 Å². The average molecular weight is 183 g/mol. The van der Waals surface area contributed by atoms with Gasteiger partial charge in [0.2, 0.25) is 0 Å². The van der Waals surface area contributed by atoms with Crippen LogP contribution in [0.25, 0.3) is 0 Å². The summed E-state index contributed by atoms with van der Waals surface area (Å²) in [7, 11) is 0. The molecule has 42 valence electrons. The molecule has 0 aromatic rings. The molecule has 0 N–H and O–H groups in total. The van der Waals surface area contributed by atoms with Crippen molar-refractivity contribution in [1.29, 1.82) is 0 Å². The third-order valence-corrected chi connectivity index (χ3v) is 3.29. The van der Waals surface area contributed by atoms with Crippen LogP contribution in [0.3, 0.4) is 0 Å². The van der Waals surface area contributed by atoms with E-state index in [0.717, 1.165) is 0 Å². The number of halogens is 2. The molecule has 1 saturated carbocycles. The van der Waals surface area contributed by atoms with Crippen molar-refractivity contribution in [1.82, 2.24) is 0 Å². The molecule has 1 aliphatic rings. The van der Waals surface area contributed by atoms with Crippen LogP contribution in [-0.4, -0.2) is 9.70 Å². The van der Waals surface area contributed by atoms with Gasteiger partial charge in [0.25, 0.3) is 0 Å². The van der Waals surface area contributed by atoms with Crippen molar-refractivity contribution in [3.8, 4) is 0 Å². The molecule has 0 spiro atoms. The van der Waals surface area contributed by atoms with Crippen molar-refractivity contribution in [2.75, 3.05) is 0 Å². The normalized spacial score (nSPS) is 29.6. The van der Waals surface area contributed by atoms with Crippen LogP contribution in [0.4, 0.5) is 0 Å². The Morgan fingerprint density at radius 1 is 1.71 bits per heavy atom. The monoisotopic (exact) mass is 182 g/mol. The number of hydrogen-bond acceptors (Lipinski definition) is 0. The fraction of sp³-hybridized carbons (Fsp3) is 1.00. The van der Waals surface area contributed by atoms with Crippen LogP contribution >= 0.6 is 27.5 Å². The molecule has 0 aromatic carbocycles. The highest BCUT2D eigenvalue weighted by Gasteiger charge is 2.44. The topological polar surface area (TPSA) is 0 Å². The first kappa shape index (κ1) is 5.90. The molecule has 1 fully saturated rings. The van der Waals surface area contributed by atoms with Gasteiger partial charge in [-0.15, -0.1) is 11.6 Å². The first-order valence-electron chi connectivity index (χ1n) is 2.48.